The fourth-order valence-electron chi connectivity index (χ4n) is 4.24. The minimum absolute atomic E-state index is 0.193. The number of rotatable bonds is 10. The smallest absolute Gasteiger partial charge is 0.251 e. The van der Waals surface area contributed by atoms with Crippen LogP contribution in [0.4, 0.5) is 0 Å². The van der Waals surface area contributed by atoms with E-state index in [1.165, 1.54) is 16.4 Å². The summed E-state index contributed by atoms with van der Waals surface area (Å²) in [4.78, 5) is 13.1. The summed E-state index contributed by atoms with van der Waals surface area (Å²) >= 11 is 0. The van der Waals surface area contributed by atoms with Crippen molar-refractivity contribution in [3.63, 3.8) is 0 Å². The van der Waals surface area contributed by atoms with E-state index < -0.39 is 10.0 Å². The molecule has 1 saturated heterocycles. The predicted octanol–water partition coefficient (Wildman–Crippen LogP) is 3.59. The highest BCUT2D eigenvalue weighted by Crippen LogP contribution is 2.35. The van der Waals surface area contributed by atoms with Crippen LogP contribution in [0.3, 0.4) is 0 Å². The molecule has 0 radical (unpaired) electrons. The van der Waals surface area contributed by atoms with Crippen LogP contribution in [-0.4, -0.2) is 58.1 Å². The number of amides is 1. The molecule has 2 aromatic rings. The number of ether oxygens (including phenoxy) is 2. The van der Waals surface area contributed by atoms with E-state index in [1.54, 1.807) is 26.0 Å². The number of carbonyl (C=O) groups is 1. The summed E-state index contributed by atoms with van der Waals surface area (Å²) in [6.45, 7) is 8.73. The second kappa shape index (κ2) is 11.1. The van der Waals surface area contributed by atoms with Gasteiger partial charge < -0.3 is 14.8 Å². The average Bonchev–Trinajstić information content (AvgIpc) is 2.84. The van der Waals surface area contributed by atoms with E-state index in [4.69, 9.17) is 9.47 Å². The van der Waals surface area contributed by atoms with Gasteiger partial charge in [-0.05, 0) is 61.7 Å². The van der Waals surface area contributed by atoms with Crippen molar-refractivity contribution in [2.75, 3.05) is 39.5 Å². The van der Waals surface area contributed by atoms with Crippen LogP contribution < -0.4 is 10.1 Å². The van der Waals surface area contributed by atoms with Gasteiger partial charge in [0.1, 0.15) is 5.75 Å². The molecule has 0 aromatic heterocycles. The molecule has 0 unspecified atom stereocenters. The van der Waals surface area contributed by atoms with E-state index in [-0.39, 0.29) is 16.2 Å². The molecule has 180 valence electrons. The lowest BCUT2D eigenvalue weighted by Gasteiger charge is -2.38. The zero-order valence-corrected chi connectivity index (χ0v) is 20.5. The highest BCUT2D eigenvalue weighted by Gasteiger charge is 2.35. The summed E-state index contributed by atoms with van der Waals surface area (Å²) in [7, 11) is -3.55. The first-order chi connectivity index (χ1) is 15.9. The van der Waals surface area contributed by atoms with Crippen molar-refractivity contribution in [3.8, 4) is 5.75 Å². The topological polar surface area (TPSA) is 84.9 Å². The van der Waals surface area contributed by atoms with Gasteiger partial charge in [-0.25, -0.2) is 8.42 Å². The highest BCUT2D eigenvalue weighted by molar-refractivity contribution is 7.89. The van der Waals surface area contributed by atoms with Crippen molar-refractivity contribution in [2.45, 2.75) is 43.9 Å². The van der Waals surface area contributed by atoms with E-state index in [0.29, 0.717) is 45.0 Å². The van der Waals surface area contributed by atoms with Gasteiger partial charge >= 0.3 is 0 Å². The lowest BCUT2D eigenvalue weighted by molar-refractivity contribution is 0.0487. The average molecular weight is 475 g/mol. The summed E-state index contributed by atoms with van der Waals surface area (Å²) in [5.74, 6) is 0.603. The summed E-state index contributed by atoms with van der Waals surface area (Å²) in [6.07, 6.45) is 1.62. The maximum Gasteiger partial charge on any atom is 0.251 e. The van der Waals surface area contributed by atoms with E-state index in [2.05, 4.69) is 17.4 Å². The highest BCUT2D eigenvalue weighted by atomic mass is 32.2. The van der Waals surface area contributed by atoms with Crippen LogP contribution in [0.1, 0.15) is 49.5 Å². The largest absolute Gasteiger partial charge is 0.494 e. The Morgan fingerprint density at radius 3 is 2.15 bits per heavy atom. The molecule has 0 bridgehead atoms. The first-order valence-electron chi connectivity index (χ1n) is 11.6. The van der Waals surface area contributed by atoms with Crippen LogP contribution in [0.25, 0.3) is 0 Å². The minimum atomic E-state index is -3.55. The molecule has 7 nitrogen and oxygen atoms in total. The molecular formula is C25H34N2O5S. The van der Waals surface area contributed by atoms with Gasteiger partial charge in [-0.3, -0.25) is 4.79 Å². The van der Waals surface area contributed by atoms with E-state index >= 15 is 0 Å². The predicted molar refractivity (Wildman–Crippen MR) is 128 cm³/mol. The molecular weight excluding hydrogens is 440 g/mol. The lowest BCUT2D eigenvalue weighted by Crippen LogP contribution is -2.44. The molecule has 0 spiro atoms. The van der Waals surface area contributed by atoms with Crippen LogP contribution in [0.2, 0.25) is 0 Å². The number of nitrogens with one attached hydrogen (secondary N) is 1. The van der Waals surface area contributed by atoms with E-state index in [9.17, 15) is 13.2 Å². The Labute approximate surface area is 197 Å². The zero-order chi connectivity index (χ0) is 23.9. The minimum Gasteiger partial charge on any atom is -0.494 e. The van der Waals surface area contributed by atoms with Gasteiger partial charge in [0.2, 0.25) is 10.0 Å². The fourth-order valence-corrected chi connectivity index (χ4v) is 5.70. The summed E-state index contributed by atoms with van der Waals surface area (Å²) in [5, 5.41) is 3.07. The van der Waals surface area contributed by atoms with Gasteiger partial charge in [0.25, 0.3) is 5.91 Å². The summed E-state index contributed by atoms with van der Waals surface area (Å²) < 4.78 is 37.9. The van der Waals surface area contributed by atoms with Gasteiger partial charge in [0.15, 0.2) is 0 Å². The molecule has 33 heavy (non-hydrogen) atoms. The Hall–Kier alpha value is -2.42. The third kappa shape index (κ3) is 5.75. The summed E-state index contributed by atoms with van der Waals surface area (Å²) in [5.41, 5.74) is 1.36. The molecule has 2 aromatic carbocycles. The molecule has 0 aliphatic carbocycles. The lowest BCUT2D eigenvalue weighted by atomic mass is 9.74. The molecule has 8 heteroatoms. The van der Waals surface area contributed by atoms with E-state index in [1.807, 2.05) is 19.1 Å². The van der Waals surface area contributed by atoms with Gasteiger partial charge in [-0.2, -0.15) is 4.31 Å². The molecule has 1 N–H and O–H groups in total. The van der Waals surface area contributed by atoms with Gasteiger partial charge in [0.05, 0.1) is 11.5 Å². The van der Waals surface area contributed by atoms with Crippen LogP contribution in [0.15, 0.2) is 53.4 Å². The Morgan fingerprint density at radius 1 is 1.00 bits per heavy atom. The van der Waals surface area contributed by atoms with Crippen molar-refractivity contribution >= 4 is 15.9 Å². The van der Waals surface area contributed by atoms with Gasteiger partial charge in [0, 0.05) is 43.8 Å². The van der Waals surface area contributed by atoms with Gasteiger partial charge in [-0.1, -0.05) is 26.0 Å². The zero-order valence-electron chi connectivity index (χ0n) is 19.7. The molecule has 0 atom stereocenters. The molecule has 0 saturated carbocycles. The first kappa shape index (κ1) is 25.2. The second-order valence-corrected chi connectivity index (χ2v) is 10.1. The second-order valence-electron chi connectivity index (χ2n) is 8.15. The monoisotopic (exact) mass is 474 g/mol. The third-order valence-electron chi connectivity index (χ3n) is 6.27. The quantitative estimate of drug-likeness (QED) is 0.569. The molecule has 1 heterocycles. The van der Waals surface area contributed by atoms with Crippen LogP contribution in [0, 0.1) is 0 Å². The molecule has 3 rings (SSSR count). The van der Waals surface area contributed by atoms with Crippen LogP contribution in [-0.2, 0) is 20.2 Å². The maximum atomic E-state index is 12.9. The molecule has 1 fully saturated rings. The van der Waals surface area contributed by atoms with Crippen LogP contribution >= 0.6 is 0 Å². The number of hydrogen-bond donors (Lipinski definition) is 1. The Bertz CT molecular complexity index is 1010. The SMILES string of the molecule is CCOc1ccc(C2(CNC(=O)c3ccc(S(=O)(=O)N(CC)CC)cc3)CCOCC2)cc1. The normalized spacial score (nSPS) is 15.9. The Balaban J connectivity index is 1.73. The third-order valence-corrected chi connectivity index (χ3v) is 8.34. The molecule has 1 aliphatic rings. The van der Waals surface area contributed by atoms with E-state index in [0.717, 1.165) is 24.2 Å². The number of nitrogens with zero attached hydrogens (tertiary/aromatic N) is 1. The van der Waals surface area contributed by atoms with Crippen molar-refractivity contribution < 1.29 is 22.7 Å². The number of carbonyl (C=O) groups excluding carboxylic acids is 1. The van der Waals surface area contributed by atoms with Crippen molar-refractivity contribution in [1.29, 1.82) is 0 Å². The Kier molecular flexibility index (Phi) is 8.51. The Morgan fingerprint density at radius 2 is 1.61 bits per heavy atom. The standard InChI is InChI=1S/C25H34N2O5S/c1-4-27(5-2)33(29,30)23-13-7-20(8-14-23)24(28)26-19-25(15-17-31-18-16-25)21-9-11-22(12-10-21)32-6-3/h7-14H,4-6,15-19H2,1-3H3,(H,26,28). The number of hydrogen-bond acceptors (Lipinski definition) is 5. The number of sulfonamides is 1. The first-order valence-corrected chi connectivity index (χ1v) is 13.0. The van der Waals surface area contributed by atoms with Crippen molar-refractivity contribution in [3.05, 3.63) is 59.7 Å². The maximum absolute atomic E-state index is 12.9. The number of benzene rings is 2. The van der Waals surface area contributed by atoms with Crippen molar-refractivity contribution in [1.82, 2.24) is 9.62 Å². The van der Waals surface area contributed by atoms with Crippen molar-refractivity contribution in [2.24, 2.45) is 0 Å². The molecule has 1 aliphatic heterocycles. The summed E-state index contributed by atoms with van der Waals surface area (Å²) in [6, 6.07) is 14.2. The molecule has 1 amide bonds. The van der Waals surface area contributed by atoms with Crippen LogP contribution in [0.5, 0.6) is 5.75 Å². The van der Waals surface area contributed by atoms with Gasteiger partial charge in [-0.15, -0.1) is 0 Å². The fraction of sp³-hybridized carbons (Fsp3) is 0.480.